The summed E-state index contributed by atoms with van der Waals surface area (Å²) in [7, 11) is 0. The maximum Gasteiger partial charge on any atom is 0.228 e. The summed E-state index contributed by atoms with van der Waals surface area (Å²) in [4.78, 5) is 15.1. The number of carbonyl (C=O) groups excluding carboxylic acids is 1. The first-order valence-corrected chi connectivity index (χ1v) is 11.4. The molecular formula is C26H30NO4Y-. The number of amides is 1. The quantitative estimate of drug-likeness (QED) is 0.554. The van der Waals surface area contributed by atoms with Crippen LogP contribution < -0.4 is 4.74 Å². The molecule has 0 N–H and O–H groups in total. The first kappa shape index (κ1) is 23.9. The molecule has 0 bridgehead atoms. The Morgan fingerprint density at radius 2 is 1.72 bits per heavy atom. The van der Waals surface area contributed by atoms with E-state index in [1.807, 2.05) is 35.2 Å². The van der Waals surface area contributed by atoms with Crippen molar-refractivity contribution in [1.29, 1.82) is 0 Å². The van der Waals surface area contributed by atoms with E-state index < -0.39 is 0 Å². The van der Waals surface area contributed by atoms with Gasteiger partial charge < -0.3 is 19.1 Å². The number of rotatable bonds is 5. The molecule has 1 aliphatic carbocycles. The molecule has 2 aromatic carbocycles. The van der Waals surface area contributed by atoms with E-state index in [1.54, 1.807) is 0 Å². The summed E-state index contributed by atoms with van der Waals surface area (Å²) in [6.07, 6.45) is 5.77. The molecule has 2 aromatic rings. The van der Waals surface area contributed by atoms with Gasteiger partial charge in [0.15, 0.2) is 5.79 Å². The standard InChI is InChI=1S/C26H30NO4.Y/c28-25-23-19-22(18-21-4-2-1-3-5-21)6-7-24(23)29-15-14-27(25)13-10-20-8-11-26(12-9-20)30-16-17-31-26;/h1-7,13,19-20H,8-12,14-18H2;/q-1;. The molecule has 3 aliphatic rings. The van der Waals surface area contributed by atoms with Gasteiger partial charge in [0.1, 0.15) is 12.4 Å². The Labute approximate surface area is 215 Å². The molecule has 5 nitrogen and oxygen atoms in total. The first-order valence-electron chi connectivity index (χ1n) is 11.4. The van der Waals surface area contributed by atoms with Crippen LogP contribution in [0.4, 0.5) is 0 Å². The van der Waals surface area contributed by atoms with E-state index in [9.17, 15) is 4.79 Å². The average molecular weight is 509 g/mol. The van der Waals surface area contributed by atoms with Crippen molar-refractivity contribution in [1.82, 2.24) is 4.90 Å². The second kappa shape index (κ2) is 10.8. The number of benzene rings is 2. The van der Waals surface area contributed by atoms with Gasteiger partial charge in [-0.3, -0.25) is 4.79 Å². The maximum atomic E-state index is 13.3. The molecule has 0 aromatic heterocycles. The van der Waals surface area contributed by atoms with E-state index in [0.717, 1.165) is 44.1 Å². The van der Waals surface area contributed by atoms with E-state index in [4.69, 9.17) is 14.2 Å². The zero-order chi connectivity index (χ0) is 21.1. The van der Waals surface area contributed by atoms with Crippen molar-refractivity contribution in [2.75, 3.05) is 26.4 Å². The molecule has 1 saturated carbocycles. The summed E-state index contributed by atoms with van der Waals surface area (Å²) >= 11 is 0. The van der Waals surface area contributed by atoms with Crippen LogP contribution in [0.15, 0.2) is 48.5 Å². The topological polar surface area (TPSA) is 48.0 Å². The molecule has 2 heterocycles. The van der Waals surface area contributed by atoms with Crippen LogP contribution in [0.5, 0.6) is 5.75 Å². The van der Waals surface area contributed by atoms with Crippen molar-refractivity contribution < 1.29 is 51.7 Å². The number of carbonyl (C=O) groups is 1. The van der Waals surface area contributed by atoms with Crippen molar-refractivity contribution in [2.45, 2.75) is 44.3 Å². The van der Waals surface area contributed by atoms with Gasteiger partial charge in [0, 0.05) is 52.1 Å². The molecule has 5 rings (SSSR count). The van der Waals surface area contributed by atoms with Crippen molar-refractivity contribution in [2.24, 2.45) is 5.92 Å². The molecule has 0 unspecified atom stereocenters. The zero-order valence-corrected chi connectivity index (χ0v) is 21.3. The van der Waals surface area contributed by atoms with Crippen LogP contribution in [0, 0.1) is 12.5 Å². The van der Waals surface area contributed by atoms with E-state index in [0.29, 0.717) is 43.6 Å². The summed E-state index contributed by atoms with van der Waals surface area (Å²) < 4.78 is 17.6. The van der Waals surface area contributed by atoms with Gasteiger partial charge in [-0.1, -0.05) is 42.3 Å². The second-order valence-corrected chi connectivity index (χ2v) is 8.81. The van der Waals surface area contributed by atoms with Crippen molar-refractivity contribution in [3.8, 4) is 5.75 Å². The van der Waals surface area contributed by atoms with Crippen LogP contribution in [-0.4, -0.2) is 43.0 Å². The van der Waals surface area contributed by atoms with Gasteiger partial charge in [-0.25, -0.2) is 6.54 Å². The third kappa shape index (κ3) is 5.44. The summed E-state index contributed by atoms with van der Waals surface area (Å²) in [6.45, 7) is 4.62. The van der Waals surface area contributed by atoms with Crippen LogP contribution in [0.25, 0.3) is 0 Å². The fraction of sp³-hybridized carbons (Fsp3) is 0.462. The van der Waals surface area contributed by atoms with Crippen molar-refractivity contribution in [3.05, 3.63) is 71.8 Å². The van der Waals surface area contributed by atoms with Crippen LogP contribution in [-0.2, 0) is 48.6 Å². The van der Waals surface area contributed by atoms with Gasteiger partial charge in [-0.05, 0) is 42.5 Å². The third-order valence-corrected chi connectivity index (χ3v) is 6.72. The number of hydrogen-bond donors (Lipinski definition) is 0. The van der Waals surface area contributed by atoms with E-state index in [-0.39, 0.29) is 44.4 Å². The predicted molar refractivity (Wildman–Crippen MR) is 118 cm³/mol. The molecule has 32 heavy (non-hydrogen) atoms. The number of hydrogen-bond acceptors (Lipinski definition) is 4. The Morgan fingerprint density at radius 3 is 2.47 bits per heavy atom. The molecule has 1 spiro atoms. The summed E-state index contributed by atoms with van der Waals surface area (Å²) in [5.41, 5.74) is 3.02. The molecule has 6 heteroatoms. The largest absolute Gasteiger partial charge is 0.491 e. The van der Waals surface area contributed by atoms with Crippen molar-refractivity contribution >= 4 is 5.91 Å². The minimum Gasteiger partial charge on any atom is -0.491 e. The molecule has 167 valence electrons. The van der Waals surface area contributed by atoms with Crippen LogP contribution in [0.3, 0.4) is 0 Å². The second-order valence-electron chi connectivity index (χ2n) is 8.81. The summed E-state index contributed by atoms with van der Waals surface area (Å²) in [6, 6.07) is 16.3. The monoisotopic (exact) mass is 509 g/mol. The van der Waals surface area contributed by atoms with E-state index in [2.05, 4.69) is 24.7 Å². The van der Waals surface area contributed by atoms with Gasteiger partial charge >= 0.3 is 0 Å². The molecular weight excluding hydrogens is 479 g/mol. The molecule has 1 amide bonds. The third-order valence-electron chi connectivity index (χ3n) is 6.72. The van der Waals surface area contributed by atoms with Gasteiger partial charge in [0.25, 0.3) is 0 Å². The van der Waals surface area contributed by atoms with Crippen LogP contribution in [0.1, 0.15) is 53.6 Å². The number of nitrogens with zero attached hydrogens (tertiary/aromatic N) is 1. The Balaban J connectivity index is 0.00000245. The normalized spacial score (nSPS) is 20.4. The fourth-order valence-electron chi connectivity index (χ4n) is 4.91. The van der Waals surface area contributed by atoms with E-state index in [1.165, 1.54) is 5.56 Å². The zero-order valence-electron chi connectivity index (χ0n) is 18.5. The Bertz CT molecular complexity index is 903. The Kier molecular flexibility index (Phi) is 8.04. The van der Waals surface area contributed by atoms with E-state index >= 15 is 0 Å². The van der Waals surface area contributed by atoms with Crippen LogP contribution >= 0.6 is 0 Å². The summed E-state index contributed by atoms with van der Waals surface area (Å²) in [5.74, 6) is 0.973. The minimum atomic E-state index is -0.323. The molecule has 0 atom stereocenters. The number of fused-ring (bicyclic) bond motifs is 1. The van der Waals surface area contributed by atoms with Gasteiger partial charge in [0.2, 0.25) is 5.91 Å². The summed E-state index contributed by atoms with van der Waals surface area (Å²) in [5, 5.41) is 0. The fourth-order valence-corrected chi connectivity index (χ4v) is 4.91. The smallest absolute Gasteiger partial charge is 0.228 e. The van der Waals surface area contributed by atoms with Crippen molar-refractivity contribution in [3.63, 3.8) is 0 Å². The minimum absolute atomic E-state index is 0. The molecule has 2 fully saturated rings. The van der Waals surface area contributed by atoms with Gasteiger partial charge in [-0.2, -0.15) is 6.42 Å². The van der Waals surface area contributed by atoms with Gasteiger partial charge in [0.05, 0.1) is 18.8 Å². The van der Waals surface area contributed by atoms with Crippen LogP contribution in [0.2, 0.25) is 0 Å². The predicted octanol–water partition coefficient (Wildman–Crippen LogP) is 4.59. The number of ether oxygens (including phenoxy) is 3. The SMILES string of the molecule is O=C1c2cc(Cc3ccccc3)ccc2OCCN1[CH-]CC1CCC2(CC1)OCCO2.[Y]. The Morgan fingerprint density at radius 1 is 0.969 bits per heavy atom. The first-order chi connectivity index (χ1) is 15.2. The molecule has 1 radical (unpaired) electrons. The van der Waals surface area contributed by atoms with Gasteiger partial charge in [-0.15, -0.1) is 0 Å². The average Bonchev–Trinajstić information content (AvgIpc) is 3.20. The maximum absolute atomic E-state index is 13.3. The Hall–Kier alpha value is -1.27. The molecule has 2 aliphatic heterocycles. The molecule has 1 saturated heterocycles.